The molecule has 0 radical (unpaired) electrons. The first-order chi connectivity index (χ1) is 6.29. The maximum absolute atomic E-state index is 9.66. The molecule has 2 aliphatic carbocycles. The Labute approximate surface area is 79.3 Å². The lowest BCUT2D eigenvalue weighted by molar-refractivity contribution is -0.0668. The van der Waals surface area contributed by atoms with Crippen LogP contribution in [0.25, 0.3) is 0 Å². The Morgan fingerprint density at radius 1 is 1.15 bits per heavy atom. The topological polar surface area (TPSA) is 29.5 Å². The third-order valence-corrected chi connectivity index (χ3v) is 4.50. The van der Waals surface area contributed by atoms with Crippen LogP contribution < -0.4 is 0 Å². The number of hydrogen-bond acceptors (Lipinski definition) is 2. The molecule has 2 nitrogen and oxygen atoms in total. The zero-order chi connectivity index (χ0) is 8.89. The smallest absolute Gasteiger partial charge is 0.0826 e. The molecule has 0 aromatic heterocycles. The Hall–Kier alpha value is -0.0800. The van der Waals surface area contributed by atoms with Crippen molar-refractivity contribution in [2.45, 2.75) is 38.2 Å². The monoisotopic (exact) mass is 182 g/mol. The van der Waals surface area contributed by atoms with Crippen LogP contribution in [0.15, 0.2) is 0 Å². The summed E-state index contributed by atoms with van der Waals surface area (Å²) in [7, 11) is 0. The molecule has 1 N–H and O–H groups in total. The predicted octanol–water partition coefficient (Wildman–Crippen LogP) is 1.57. The first-order valence-electron chi connectivity index (χ1n) is 5.55. The fourth-order valence-electron chi connectivity index (χ4n) is 3.45. The van der Waals surface area contributed by atoms with Gasteiger partial charge in [0.15, 0.2) is 0 Å². The minimum atomic E-state index is -0.164. The largest absolute Gasteiger partial charge is 0.390 e. The molecule has 2 heteroatoms. The van der Waals surface area contributed by atoms with Crippen molar-refractivity contribution in [2.24, 2.45) is 17.3 Å². The zero-order valence-corrected chi connectivity index (χ0v) is 8.04. The van der Waals surface area contributed by atoms with Gasteiger partial charge in [-0.3, -0.25) is 0 Å². The molecule has 1 aliphatic heterocycles. The van der Waals surface area contributed by atoms with Crippen LogP contribution in [-0.4, -0.2) is 24.4 Å². The lowest BCUT2D eigenvalue weighted by Crippen LogP contribution is -2.47. The molecule has 2 unspecified atom stereocenters. The number of ether oxygens (including phenoxy) is 1. The Morgan fingerprint density at radius 3 is 2.38 bits per heavy atom. The average Bonchev–Trinajstić information content (AvgIpc) is 2.30. The summed E-state index contributed by atoms with van der Waals surface area (Å²) in [5, 5.41) is 9.66. The van der Waals surface area contributed by atoms with E-state index in [0.29, 0.717) is 12.5 Å². The van der Waals surface area contributed by atoms with Crippen LogP contribution in [0.3, 0.4) is 0 Å². The molecule has 3 rings (SSSR count). The first-order valence-corrected chi connectivity index (χ1v) is 5.55. The van der Waals surface area contributed by atoms with Gasteiger partial charge in [0.1, 0.15) is 0 Å². The molecule has 3 aliphatic rings. The Kier molecular flexibility index (Phi) is 1.72. The van der Waals surface area contributed by atoms with Crippen molar-refractivity contribution in [3.63, 3.8) is 0 Å². The average molecular weight is 182 g/mol. The Bertz CT molecular complexity index is 202. The van der Waals surface area contributed by atoms with Crippen molar-refractivity contribution < 1.29 is 9.84 Å². The van der Waals surface area contributed by atoms with Crippen molar-refractivity contribution in [1.82, 2.24) is 0 Å². The molecule has 2 saturated carbocycles. The van der Waals surface area contributed by atoms with Crippen molar-refractivity contribution in [3.8, 4) is 0 Å². The second-order valence-electron chi connectivity index (χ2n) is 5.29. The summed E-state index contributed by atoms with van der Waals surface area (Å²) < 4.78 is 5.30. The number of rotatable bonds is 1. The van der Waals surface area contributed by atoms with E-state index in [-0.39, 0.29) is 6.10 Å². The molecule has 13 heavy (non-hydrogen) atoms. The van der Waals surface area contributed by atoms with Crippen molar-refractivity contribution in [3.05, 3.63) is 0 Å². The van der Waals surface area contributed by atoms with E-state index in [1.807, 2.05) is 0 Å². The summed E-state index contributed by atoms with van der Waals surface area (Å²) in [5.41, 5.74) is 0.743. The van der Waals surface area contributed by atoms with E-state index in [1.165, 1.54) is 32.1 Å². The van der Waals surface area contributed by atoms with Crippen LogP contribution in [-0.2, 0) is 4.74 Å². The van der Waals surface area contributed by atoms with Gasteiger partial charge in [-0.2, -0.15) is 0 Å². The van der Waals surface area contributed by atoms with E-state index in [1.54, 1.807) is 0 Å². The van der Waals surface area contributed by atoms with Gasteiger partial charge in [0.05, 0.1) is 19.3 Å². The van der Waals surface area contributed by atoms with Gasteiger partial charge >= 0.3 is 0 Å². The second kappa shape index (κ2) is 2.71. The van der Waals surface area contributed by atoms with Gasteiger partial charge in [0.2, 0.25) is 0 Å². The molecule has 74 valence electrons. The van der Waals surface area contributed by atoms with Gasteiger partial charge in [0, 0.05) is 5.92 Å². The third-order valence-electron chi connectivity index (χ3n) is 4.50. The van der Waals surface area contributed by atoms with Crippen LogP contribution in [0.5, 0.6) is 0 Å². The summed E-state index contributed by atoms with van der Waals surface area (Å²) in [6.07, 6.45) is 6.93. The minimum absolute atomic E-state index is 0.164. The minimum Gasteiger partial charge on any atom is -0.390 e. The first kappa shape index (κ1) is 8.25. The quantitative estimate of drug-likeness (QED) is 0.667. The summed E-state index contributed by atoms with van der Waals surface area (Å²) in [6, 6.07) is 0. The van der Waals surface area contributed by atoms with Crippen molar-refractivity contribution in [2.75, 3.05) is 13.2 Å². The fourth-order valence-corrected chi connectivity index (χ4v) is 3.45. The maximum Gasteiger partial charge on any atom is 0.0826 e. The zero-order valence-electron chi connectivity index (χ0n) is 8.04. The fraction of sp³-hybridized carbons (Fsp3) is 1.00. The highest BCUT2D eigenvalue weighted by molar-refractivity contribution is 5.02. The van der Waals surface area contributed by atoms with Crippen LogP contribution >= 0.6 is 0 Å². The van der Waals surface area contributed by atoms with Gasteiger partial charge in [0.25, 0.3) is 0 Å². The van der Waals surface area contributed by atoms with Gasteiger partial charge in [-0.15, -0.1) is 0 Å². The molecule has 0 bridgehead atoms. The summed E-state index contributed by atoms with van der Waals surface area (Å²) >= 11 is 0. The van der Waals surface area contributed by atoms with Crippen LogP contribution in [0, 0.1) is 17.3 Å². The van der Waals surface area contributed by atoms with E-state index >= 15 is 0 Å². The number of aliphatic hydroxyl groups is 1. The molecule has 0 aromatic rings. The second-order valence-corrected chi connectivity index (χ2v) is 5.29. The standard InChI is InChI=1S/C11H18O2/c12-10-7-13-6-9(10)8-4-11(5-8)2-1-3-11/h8-10,12H,1-7H2. The summed E-state index contributed by atoms with van der Waals surface area (Å²) in [6.45, 7) is 1.39. The van der Waals surface area contributed by atoms with E-state index in [0.717, 1.165) is 17.9 Å². The summed E-state index contributed by atoms with van der Waals surface area (Å²) in [4.78, 5) is 0. The van der Waals surface area contributed by atoms with Crippen LogP contribution in [0.1, 0.15) is 32.1 Å². The maximum atomic E-state index is 9.66. The highest BCUT2D eigenvalue weighted by atomic mass is 16.5. The predicted molar refractivity (Wildman–Crippen MR) is 49.3 cm³/mol. The van der Waals surface area contributed by atoms with Gasteiger partial charge in [-0.25, -0.2) is 0 Å². The van der Waals surface area contributed by atoms with Crippen molar-refractivity contribution in [1.29, 1.82) is 0 Å². The SMILES string of the molecule is OC1COCC1C1CC2(CCC2)C1. The molecular weight excluding hydrogens is 164 g/mol. The van der Waals surface area contributed by atoms with Gasteiger partial charge in [-0.1, -0.05) is 6.42 Å². The lowest BCUT2D eigenvalue weighted by atomic mass is 9.49. The lowest BCUT2D eigenvalue weighted by Gasteiger charge is -2.56. The summed E-state index contributed by atoms with van der Waals surface area (Å²) in [5.74, 6) is 1.24. The van der Waals surface area contributed by atoms with Crippen molar-refractivity contribution >= 4 is 0 Å². The van der Waals surface area contributed by atoms with E-state index in [4.69, 9.17) is 4.74 Å². The highest BCUT2D eigenvalue weighted by Crippen LogP contribution is 2.61. The van der Waals surface area contributed by atoms with E-state index in [9.17, 15) is 5.11 Å². The third kappa shape index (κ3) is 1.15. The number of hydrogen-bond donors (Lipinski definition) is 1. The molecule has 1 heterocycles. The van der Waals surface area contributed by atoms with Crippen LogP contribution in [0.4, 0.5) is 0 Å². The Morgan fingerprint density at radius 2 is 1.92 bits per heavy atom. The van der Waals surface area contributed by atoms with E-state index in [2.05, 4.69) is 0 Å². The Balaban J connectivity index is 1.57. The molecule has 1 spiro atoms. The molecular formula is C11H18O2. The van der Waals surface area contributed by atoms with Gasteiger partial charge in [-0.05, 0) is 37.0 Å². The van der Waals surface area contributed by atoms with Gasteiger partial charge < -0.3 is 9.84 Å². The number of aliphatic hydroxyl groups excluding tert-OH is 1. The molecule has 1 saturated heterocycles. The molecule has 2 atom stereocenters. The molecule has 0 amide bonds. The molecule has 3 fully saturated rings. The highest BCUT2D eigenvalue weighted by Gasteiger charge is 2.52. The van der Waals surface area contributed by atoms with E-state index < -0.39 is 0 Å². The normalized spacial score (nSPS) is 43.2. The van der Waals surface area contributed by atoms with Crippen LogP contribution in [0.2, 0.25) is 0 Å². The molecule has 0 aromatic carbocycles.